The lowest BCUT2D eigenvalue weighted by Crippen LogP contribution is -2.21. The largest absolute Gasteiger partial charge is 0.381 e. The first-order valence-corrected chi connectivity index (χ1v) is 6.70. The lowest BCUT2D eigenvalue weighted by molar-refractivity contribution is 0.181. The van der Waals surface area contributed by atoms with Gasteiger partial charge in [-0.1, -0.05) is 15.9 Å². The minimum atomic E-state index is -0.147. The fourth-order valence-electron chi connectivity index (χ4n) is 2.28. The van der Waals surface area contributed by atoms with Crippen LogP contribution in [0.4, 0.5) is 4.39 Å². The van der Waals surface area contributed by atoms with E-state index in [-0.39, 0.29) is 11.9 Å². The highest BCUT2D eigenvalue weighted by molar-refractivity contribution is 9.10. The number of rotatable bonds is 4. The van der Waals surface area contributed by atoms with Crippen molar-refractivity contribution in [1.82, 2.24) is 5.32 Å². The Morgan fingerprint density at radius 1 is 1.59 bits per heavy atom. The van der Waals surface area contributed by atoms with E-state index in [1.54, 1.807) is 6.07 Å². The van der Waals surface area contributed by atoms with Crippen molar-refractivity contribution in [3.05, 3.63) is 34.1 Å². The molecule has 0 saturated carbocycles. The van der Waals surface area contributed by atoms with E-state index >= 15 is 0 Å². The van der Waals surface area contributed by atoms with Gasteiger partial charge in [0, 0.05) is 29.3 Å². The molecule has 1 aliphatic rings. The first-order valence-electron chi connectivity index (χ1n) is 5.90. The van der Waals surface area contributed by atoms with E-state index in [2.05, 4.69) is 21.2 Å². The van der Waals surface area contributed by atoms with Crippen LogP contribution in [0.15, 0.2) is 22.7 Å². The van der Waals surface area contributed by atoms with E-state index in [4.69, 9.17) is 4.74 Å². The molecule has 94 valence electrons. The predicted molar refractivity (Wildman–Crippen MR) is 69.4 cm³/mol. The number of halogens is 2. The van der Waals surface area contributed by atoms with Crippen molar-refractivity contribution in [2.45, 2.75) is 18.9 Å². The summed E-state index contributed by atoms with van der Waals surface area (Å²) in [5, 5.41) is 3.20. The number of nitrogens with one attached hydrogen (secondary N) is 1. The SMILES string of the molecule is CNC(CC1CCOC1)c1cc(Br)ccc1F. The van der Waals surface area contributed by atoms with Gasteiger partial charge in [-0.05, 0) is 44.0 Å². The fourth-order valence-corrected chi connectivity index (χ4v) is 2.66. The zero-order valence-corrected chi connectivity index (χ0v) is 11.5. The van der Waals surface area contributed by atoms with Crippen LogP contribution in [0.3, 0.4) is 0 Å². The van der Waals surface area contributed by atoms with Gasteiger partial charge in [0.25, 0.3) is 0 Å². The maximum atomic E-state index is 13.8. The minimum Gasteiger partial charge on any atom is -0.381 e. The molecule has 0 radical (unpaired) electrons. The Balaban J connectivity index is 2.13. The van der Waals surface area contributed by atoms with Gasteiger partial charge in [0.2, 0.25) is 0 Å². The summed E-state index contributed by atoms with van der Waals surface area (Å²) in [7, 11) is 1.88. The average Bonchev–Trinajstić information content (AvgIpc) is 2.82. The molecule has 1 aliphatic heterocycles. The summed E-state index contributed by atoms with van der Waals surface area (Å²) in [5.74, 6) is 0.386. The van der Waals surface area contributed by atoms with Gasteiger partial charge in [0.05, 0.1) is 0 Å². The van der Waals surface area contributed by atoms with Crippen molar-refractivity contribution in [2.75, 3.05) is 20.3 Å². The lowest BCUT2D eigenvalue weighted by Gasteiger charge is -2.20. The van der Waals surface area contributed by atoms with Crippen molar-refractivity contribution in [1.29, 1.82) is 0 Å². The molecule has 17 heavy (non-hydrogen) atoms. The lowest BCUT2D eigenvalue weighted by atomic mass is 9.94. The second kappa shape index (κ2) is 5.94. The zero-order chi connectivity index (χ0) is 12.3. The molecule has 1 fully saturated rings. The summed E-state index contributed by atoms with van der Waals surface area (Å²) in [5.41, 5.74) is 0.730. The third-order valence-electron chi connectivity index (χ3n) is 3.27. The smallest absolute Gasteiger partial charge is 0.128 e. The summed E-state index contributed by atoms with van der Waals surface area (Å²) in [6, 6.07) is 5.14. The molecule has 0 aromatic heterocycles. The van der Waals surface area contributed by atoms with Crippen LogP contribution < -0.4 is 5.32 Å². The molecule has 0 aliphatic carbocycles. The summed E-state index contributed by atoms with van der Waals surface area (Å²) in [6.45, 7) is 1.63. The molecule has 0 amide bonds. The van der Waals surface area contributed by atoms with Crippen LogP contribution in [0.25, 0.3) is 0 Å². The van der Waals surface area contributed by atoms with Gasteiger partial charge in [-0.2, -0.15) is 0 Å². The number of hydrogen-bond donors (Lipinski definition) is 1. The molecule has 1 saturated heterocycles. The van der Waals surface area contributed by atoms with Crippen molar-refractivity contribution in [3.8, 4) is 0 Å². The molecule has 2 nitrogen and oxygen atoms in total. The van der Waals surface area contributed by atoms with Gasteiger partial charge in [-0.3, -0.25) is 0 Å². The number of hydrogen-bond acceptors (Lipinski definition) is 2. The highest BCUT2D eigenvalue weighted by atomic mass is 79.9. The van der Waals surface area contributed by atoms with Gasteiger partial charge in [0.15, 0.2) is 0 Å². The first-order chi connectivity index (χ1) is 8.20. The molecule has 1 heterocycles. The normalized spacial score (nSPS) is 21.7. The van der Waals surface area contributed by atoms with E-state index in [1.807, 2.05) is 13.1 Å². The van der Waals surface area contributed by atoms with Crippen LogP contribution in [0.2, 0.25) is 0 Å². The molecule has 4 heteroatoms. The molecule has 2 atom stereocenters. The first kappa shape index (κ1) is 13.0. The standard InChI is InChI=1S/C13H17BrFNO/c1-16-13(6-9-4-5-17-8-9)11-7-10(14)2-3-12(11)15/h2-3,7,9,13,16H,4-6,8H2,1H3. The van der Waals surface area contributed by atoms with Crippen molar-refractivity contribution in [2.24, 2.45) is 5.92 Å². The quantitative estimate of drug-likeness (QED) is 0.921. The second-order valence-electron chi connectivity index (χ2n) is 4.47. The summed E-state index contributed by atoms with van der Waals surface area (Å²) in [6.07, 6.45) is 2.00. The number of benzene rings is 1. The van der Waals surface area contributed by atoms with Gasteiger partial charge in [0.1, 0.15) is 5.82 Å². The van der Waals surface area contributed by atoms with Gasteiger partial charge >= 0.3 is 0 Å². The molecule has 0 spiro atoms. The van der Waals surface area contributed by atoms with Gasteiger partial charge in [-0.15, -0.1) is 0 Å². The number of ether oxygens (including phenoxy) is 1. The second-order valence-corrected chi connectivity index (χ2v) is 5.39. The molecule has 1 aromatic carbocycles. The van der Waals surface area contributed by atoms with Crippen LogP contribution in [-0.4, -0.2) is 20.3 Å². The van der Waals surface area contributed by atoms with Crippen LogP contribution in [0.5, 0.6) is 0 Å². The zero-order valence-electron chi connectivity index (χ0n) is 9.88. The summed E-state index contributed by atoms with van der Waals surface area (Å²) in [4.78, 5) is 0. The molecular formula is C13H17BrFNO. The molecule has 1 N–H and O–H groups in total. The Morgan fingerprint density at radius 2 is 2.41 bits per heavy atom. The van der Waals surface area contributed by atoms with Crippen molar-refractivity contribution >= 4 is 15.9 Å². The maximum Gasteiger partial charge on any atom is 0.128 e. The monoisotopic (exact) mass is 301 g/mol. The van der Waals surface area contributed by atoms with E-state index in [1.165, 1.54) is 6.07 Å². The molecule has 2 unspecified atom stereocenters. The Bertz CT molecular complexity index is 380. The topological polar surface area (TPSA) is 21.3 Å². The Morgan fingerprint density at radius 3 is 3.06 bits per heavy atom. The average molecular weight is 302 g/mol. The third kappa shape index (κ3) is 3.27. The van der Waals surface area contributed by atoms with Gasteiger partial charge in [-0.25, -0.2) is 4.39 Å². The van der Waals surface area contributed by atoms with E-state index in [0.717, 1.165) is 36.1 Å². The predicted octanol–water partition coefficient (Wildman–Crippen LogP) is 3.28. The molecule has 2 rings (SSSR count). The van der Waals surface area contributed by atoms with Crippen LogP contribution in [-0.2, 0) is 4.74 Å². The fraction of sp³-hybridized carbons (Fsp3) is 0.538. The van der Waals surface area contributed by atoms with E-state index in [0.29, 0.717) is 5.92 Å². The Hall–Kier alpha value is -0.450. The Labute approximate surface area is 110 Å². The minimum absolute atomic E-state index is 0.0548. The molecule has 0 bridgehead atoms. The van der Waals surface area contributed by atoms with Crippen LogP contribution in [0.1, 0.15) is 24.4 Å². The highest BCUT2D eigenvalue weighted by Gasteiger charge is 2.22. The van der Waals surface area contributed by atoms with Gasteiger partial charge < -0.3 is 10.1 Å². The Kier molecular flexibility index (Phi) is 4.54. The highest BCUT2D eigenvalue weighted by Crippen LogP contribution is 2.29. The molecule has 1 aromatic rings. The summed E-state index contributed by atoms with van der Waals surface area (Å²) < 4.78 is 20.1. The third-order valence-corrected chi connectivity index (χ3v) is 3.77. The van der Waals surface area contributed by atoms with E-state index < -0.39 is 0 Å². The van der Waals surface area contributed by atoms with E-state index in [9.17, 15) is 4.39 Å². The van der Waals surface area contributed by atoms with Crippen LogP contribution >= 0.6 is 15.9 Å². The van der Waals surface area contributed by atoms with Crippen molar-refractivity contribution in [3.63, 3.8) is 0 Å². The van der Waals surface area contributed by atoms with Crippen LogP contribution in [0, 0.1) is 11.7 Å². The van der Waals surface area contributed by atoms with Crippen molar-refractivity contribution < 1.29 is 9.13 Å². The maximum absolute atomic E-state index is 13.8. The summed E-state index contributed by atoms with van der Waals surface area (Å²) >= 11 is 3.39. The molecular weight excluding hydrogens is 285 g/mol.